The molecule has 10 nitrogen and oxygen atoms in total. The van der Waals surface area contributed by atoms with E-state index >= 15 is 0 Å². The fraction of sp³-hybridized carbons (Fsp3) is 0.310. The third-order valence-corrected chi connectivity index (χ3v) is 7.21. The predicted molar refractivity (Wildman–Crippen MR) is 150 cm³/mol. The molecule has 0 saturated carbocycles. The summed E-state index contributed by atoms with van der Waals surface area (Å²) in [6.07, 6.45) is 4.05. The first-order valence-corrected chi connectivity index (χ1v) is 13.4. The first-order valence-electron chi connectivity index (χ1n) is 12.6. The Balaban J connectivity index is 1.25. The maximum absolute atomic E-state index is 12.6. The molecule has 0 saturated heterocycles. The number of methoxy groups -OCH3 is 2. The van der Waals surface area contributed by atoms with Crippen LogP contribution in [0.4, 0.5) is 0 Å². The first kappa shape index (κ1) is 28.9. The lowest BCUT2D eigenvalue weighted by Crippen LogP contribution is -2.23. The summed E-state index contributed by atoms with van der Waals surface area (Å²) in [6, 6.07) is 12.2. The third-order valence-electron chi connectivity index (χ3n) is 6.12. The average Bonchev–Trinajstić information content (AvgIpc) is 3.51. The number of allylic oxidation sites excluding steroid dienone is 1. The van der Waals surface area contributed by atoms with Crippen molar-refractivity contribution >= 4 is 28.7 Å². The minimum absolute atomic E-state index is 0.00163. The number of hydrogen-bond donors (Lipinski definition) is 1. The first-order chi connectivity index (χ1) is 19.3. The van der Waals surface area contributed by atoms with E-state index in [0.29, 0.717) is 39.8 Å². The average molecular weight is 566 g/mol. The lowest BCUT2D eigenvalue weighted by atomic mass is 10.1. The molecule has 0 amide bonds. The molecule has 0 radical (unpaired) electrons. The summed E-state index contributed by atoms with van der Waals surface area (Å²) >= 11 is 1.22. The Kier molecular flexibility index (Phi) is 9.62. The van der Waals surface area contributed by atoms with Crippen molar-refractivity contribution in [3.05, 3.63) is 82.9 Å². The smallest absolute Gasteiger partial charge is 0.219 e. The van der Waals surface area contributed by atoms with Gasteiger partial charge in [0.2, 0.25) is 5.12 Å². The van der Waals surface area contributed by atoms with Crippen LogP contribution in [0.25, 0.3) is 6.08 Å². The van der Waals surface area contributed by atoms with Crippen molar-refractivity contribution in [3.63, 3.8) is 0 Å². The van der Waals surface area contributed by atoms with Crippen molar-refractivity contribution in [1.82, 2.24) is 15.0 Å². The fourth-order valence-corrected chi connectivity index (χ4v) is 4.92. The summed E-state index contributed by atoms with van der Waals surface area (Å²) in [5.41, 5.74) is 2.44. The van der Waals surface area contributed by atoms with Crippen LogP contribution in [-0.4, -0.2) is 63.2 Å². The molecule has 2 unspecified atom stereocenters. The molecule has 40 heavy (non-hydrogen) atoms. The summed E-state index contributed by atoms with van der Waals surface area (Å²) in [4.78, 5) is 24.4. The van der Waals surface area contributed by atoms with Crippen LogP contribution < -0.4 is 14.2 Å². The molecular weight excluding hydrogens is 534 g/mol. The number of thioether (sulfide) groups is 1. The van der Waals surface area contributed by atoms with Crippen molar-refractivity contribution in [2.75, 3.05) is 20.8 Å². The molecule has 3 aromatic rings. The Morgan fingerprint density at radius 2 is 1.88 bits per heavy atom. The van der Waals surface area contributed by atoms with Crippen molar-refractivity contribution in [2.24, 2.45) is 0 Å². The molecule has 1 aliphatic heterocycles. The highest BCUT2D eigenvalue weighted by atomic mass is 32.2. The molecule has 210 valence electrons. The molecule has 0 bridgehead atoms. The highest BCUT2D eigenvalue weighted by Crippen LogP contribution is 2.34. The summed E-state index contributed by atoms with van der Waals surface area (Å²) < 4.78 is 23.5. The largest absolute Gasteiger partial charge is 0.497 e. The Labute approximate surface area is 236 Å². The summed E-state index contributed by atoms with van der Waals surface area (Å²) in [6.45, 7) is 4.02. The maximum atomic E-state index is 12.6. The van der Waals surface area contributed by atoms with Gasteiger partial charge in [0.1, 0.15) is 48.0 Å². The second kappa shape index (κ2) is 13.3. The van der Waals surface area contributed by atoms with Gasteiger partial charge in [-0.2, -0.15) is 0 Å². The van der Waals surface area contributed by atoms with Crippen LogP contribution in [0.15, 0.2) is 66.1 Å². The van der Waals surface area contributed by atoms with Gasteiger partial charge in [-0.25, -0.2) is 4.68 Å². The molecule has 11 heteroatoms. The second-order valence-electron chi connectivity index (χ2n) is 9.05. The van der Waals surface area contributed by atoms with E-state index in [-0.39, 0.29) is 35.9 Å². The van der Waals surface area contributed by atoms with Crippen LogP contribution >= 0.6 is 11.8 Å². The molecule has 0 fully saturated rings. The second-order valence-corrected chi connectivity index (χ2v) is 10.4. The number of carbonyl (C=O) groups is 2. The Morgan fingerprint density at radius 3 is 2.55 bits per heavy atom. The summed E-state index contributed by atoms with van der Waals surface area (Å²) in [5, 5.41) is 18.4. The molecule has 0 spiro atoms. The van der Waals surface area contributed by atoms with Gasteiger partial charge in [0, 0.05) is 22.8 Å². The lowest BCUT2D eigenvalue weighted by Gasteiger charge is -2.15. The molecule has 1 N–H and O–H groups in total. The Morgan fingerprint density at radius 1 is 1.12 bits per heavy atom. The van der Waals surface area contributed by atoms with Gasteiger partial charge in [0.05, 0.1) is 32.2 Å². The molecule has 2 atom stereocenters. The minimum Gasteiger partial charge on any atom is -0.497 e. The van der Waals surface area contributed by atoms with Crippen LogP contribution in [0, 0.1) is 0 Å². The van der Waals surface area contributed by atoms with Gasteiger partial charge in [0.15, 0.2) is 5.78 Å². The quantitative estimate of drug-likeness (QED) is 0.240. The maximum Gasteiger partial charge on any atom is 0.219 e. The lowest BCUT2D eigenvalue weighted by molar-refractivity contribution is -0.107. The SMILES string of the molecule is COc1ccc(/C=C/C(=O)c2ccc(OCc3cn(CC(O)COC4=C(C)C(=O)SC4C)nn3)cc2)c(OC)c1. The van der Waals surface area contributed by atoms with E-state index < -0.39 is 6.10 Å². The number of benzene rings is 2. The summed E-state index contributed by atoms with van der Waals surface area (Å²) in [7, 11) is 3.14. The van der Waals surface area contributed by atoms with E-state index in [0.717, 1.165) is 5.56 Å². The van der Waals surface area contributed by atoms with Gasteiger partial charge in [-0.1, -0.05) is 17.0 Å². The van der Waals surface area contributed by atoms with Gasteiger partial charge in [0.25, 0.3) is 0 Å². The molecule has 0 aliphatic carbocycles. The summed E-state index contributed by atoms with van der Waals surface area (Å²) in [5.74, 6) is 2.30. The van der Waals surface area contributed by atoms with Gasteiger partial charge in [-0.15, -0.1) is 5.10 Å². The number of aromatic nitrogens is 3. The number of hydrogen-bond acceptors (Lipinski definition) is 10. The van der Waals surface area contributed by atoms with Gasteiger partial charge in [-0.05, 0) is 62.4 Å². The van der Waals surface area contributed by atoms with E-state index in [1.54, 1.807) is 69.8 Å². The monoisotopic (exact) mass is 565 g/mol. The van der Waals surface area contributed by atoms with Gasteiger partial charge < -0.3 is 24.1 Å². The van der Waals surface area contributed by atoms with Crippen molar-refractivity contribution in [1.29, 1.82) is 0 Å². The number of ether oxygens (including phenoxy) is 4. The van der Waals surface area contributed by atoms with Crippen molar-refractivity contribution in [2.45, 2.75) is 38.4 Å². The zero-order valence-electron chi connectivity index (χ0n) is 22.7. The van der Waals surface area contributed by atoms with E-state index in [1.807, 2.05) is 13.0 Å². The number of carbonyl (C=O) groups excluding carboxylic acids is 2. The van der Waals surface area contributed by atoms with Crippen LogP contribution in [0.2, 0.25) is 0 Å². The Bertz CT molecular complexity index is 1420. The number of ketones is 1. The van der Waals surface area contributed by atoms with Crippen molar-refractivity contribution in [3.8, 4) is 17.2 Å². The molecule has 4 rings (SSSR count). The number of aliphatic hydroxyl groups excluding tert-OH is 1. The number of rotatable bonds is 13. The van der Waals surface area contributed by atoms with E-state index in [1.165, 1.54) is 22.5 Å². The van der Waals surface area contributed by atoms with Crippen LogP contribution in [0.5, 0.6) is 17.2 Å². The number of nitrogens with zero attached hydrogens (tertiary/aromatic N) is 3. The highest BCUT2D eigenvalue weighted by molar-refractivity contribution is 8.15. The van der Waals surface area contributed by atoms with Gasteiger partial charge in [-0.3, -0.25) is 9.59 Å². The topological polar surface area (TPSA) is 122 Å². The van der Waals surface area contributed by atoms with Crippen LogP contribution in [0.3, 0.4) is 0 Å². The third kappa shape index (κ3) is 7.30. The Hall–Kier alpha value is -4.09. The van der Waals surface area contributed by atoms with E-state index in [9.17, 15) is 14.7 Å². The normalized spacial score (nSPS) is 15.9. The van der Waals surface area contributed by atoms with Crippen LogP contribution in [-0.2, 0) is 22.7 Å². The molecule has 2 heterocycles. The highest BCUT2D eigenvalue weighted by Gasteiger charge is 2.29. The molecule has 2 aromatic carbocycles. The predicted octanol–water partition coefficient (Wildman–Crippen LogP) is 4.08. The molecule has 1 aromatic heterocycles. The fourth-order valence-electron chi connectivity index (χ4n) is 3.97. The van der Waals surface area contributed by atoms with E-state index in [2.05, 4.69) is 10.3 Å². The molecular formula is C29H31N3O7S. The van der Waals surface area contributed by atoms with Crippen LogP contribution in [0.1, 0.15) is 35.5 Å². The van der Waals surface area contributed by atoms with Crippen molar-refractivity contribution < 1.29 is 33.6 Å². The number of aliphatic hydroxyl groups is 1. The zero-order valence-corrected chi connectivity index (χ0v) is 23.5. The zero-order chi connectivity index (χ0) is 28.6. The standard InChI is InChI=1S/C29H31N3O7S/c1-18-28(19(2)40-29(18)35)39-17-23(33)15-32-14-22(30-31-32)16-38-24-9-5-20(6-10-24)26(34)12-8-21-7-11-25(36-3)13-27(21)37-4/h5-14,19,23,33H,15-17H2,1-4H3/b12-8+. The molecule has 1 aliphatic rings. The minimum atomic E-state index is -0.825. The van der Waals surface area contributed by atoms with E-state index in [4.69, 9.17) is 18.9 Å². The van der Waals surface area contributed by atoms with Gasteiger partial charge >= 0.3 is 0 Å².